The van der Waals surface area contributed by atoms with Gasteiger partial charge in [-0.2, -0.15) is 17.0 Å². The van der Waals surface area contributed by atoms with Gasteiger partial charge in [0.15, 0.2) is 0 Å². The van der Waals surface area contributed by atoms with E-state index in [4.69, 9.17) is 4.74 Å². The molecule has 2 saturated heterocycles. The molecule has 2 heterocycles. The summed E-state index contributed by atoms with van der Waals surface area (Å²) in [6.07, 6.45) is 4.31. The molecule has 1 aliphatic carbocycles. The van der Waals surface area contributed by atoms with Gasteiger partial charge in [0.1, 0.15) is 0 Å². The largest absolute Gasteiger partial charge is 0.450 e. The first-order valence-corrected chi connectivity index (χ1v) is 13.1. The van der Waals surface area contributed by atoms with E-state index in [0.717, 1.165) is 12.8 Å². The van der Waals surface area contributed by atoms with Crippen LogP contribution in [0.2, 0.25) is 0 Å². The van der Waals surface area contributed by atoms with Crippen LogP contribution in [0.3, 0.4) is 0 Å². The number of hydrogen-bond acceptors (Lipinski definition) is 5. The maximum atomic E-state index is 13.2. The van der Waals surface area contributed by atoms with Crippen molar-refractivity contribution in [3.05, 3.63) is 0 Å². The monoisotopic (exact) mass is 458 g/mol. The molecule has 9 nitrogen and oxygen atoms in total. The molecule has 1 saturated carbocycles. The number of piperazine rings is 1. The lowest BCUT2D eigenvalue weighted by Gasteiger charge is -2.39. The van der Waals surface area contributed by atoms with Crippen LogP contribution >= 0.6 is 0 Å². The van der Waals surface area contributed by atoms with Crippen molar-refractivity contribution >= 4 is 22.2 Å². The fourth-order valence-corrected chi connectivity index (χ4v) is 6.61. The first-order chi connectivity index (χ1) is 14.7. The van der Waals surface area contributed by atoms with Crippen molar-refractivity contribution in [2.45, 2.75) is 58.9 Å². The molecule has 2 amide bonds. The molecule has 0 spiro atoms. The van der Waals surface area contributed by atoms with Crippen molar-refractivity contribution in [2.24, 2.45) is 17.8 Å². The van der Waals surface area contributed by atoms with Crippen LogP contribution < -0.4 is 5.32 Å². The summed E-state index contributed by atoms with van der Waals surface area (Å²) >= 11 is 0. The third-order valence-corrected chi connectivity index (χ3v) is 9.21. The van der Waals surface area contributed by atoms with Gasteiger partial charge in [-0.15, -0.1) is 0 Å². The Morgan fingerprint density at radius 2 is 1.68 bits per heavy atom. The summed E-state index contributed by atoms with van der Waals surface area (Å²) in [4.78, 5) is 26.3. The predicted octanol–water partition coefficient (Wildman–Crippen LogP) is 1.66. The number of nitrogens with zero attached hydrogens (tertiary/aromatic N) is 3. The standard InChI is InChI=1S/C21H38N4O5S/c1-4-30-21(27)23-11-13-24(14-12-23)31(28,29)25-10-6-8-18(15-25)20(26)22-19-9-5-7-16(2)17(19)3/h16-19H,4-15H2,1-3H3,(H,22,26)/t16-,17-,18+,19-/m1/s1. The molecule has 178 valence electrons. The van der Waals surface area contributed by atoms with Gasteiger partial charge in [-0.1, -0.05) is 26.7 Å². The third-order valence-electron chi connectivity index (χ3n) is 7.21. The number of rotatable bonds is 5. The number of amides is 2. The Morgan fingerprint density at radius 3 is 2.35 bits per heavy atom. The van der Waals surface area contributed by atoms with Crippen LogP contribution in [0, 0.1) is 17.8 Å². The minimum Gasteiger partial charge on any atom is -0.450 e. The van der Waals surface area contributed by atoms with E-state index in [1.54, 1.807) is 6.92 Å². The van der Waals surface area contributed by atoms with E-state index < -0.39 is 16.3 Å². The minimum atomic E-state index is -3.66. The normalized spacial score (nSPS) is 31.3. The molecular formula is C21H38N4O5S. The number of ether oxygens (including phenoxy) is 1. The van der Waals surface area contributed by atoms with Crippen molar-refractivity contribution in [1.82, 2.24) is 18.8 Å². The summed E-state index contributed by atoms with van der Waals surface area (Å²) in [7, 11) is -3.66. The number of carbonyl (C=O) groups is 2. The summed E-state index contributed by atoms with van der Waals surface area (Å²) in [5.41, 5.74) is 0. The molecule has 0 radical (unpaired) electrons. The van der Waals surface area contributed by atoms with E-state index in [9.17, 15) is 18.0 Å². The van der Waals surface area contributed by atoms with Gasteiger partial charge in [-0.05, 0) is 38.0 Å². The Labute approximate surface area is 186 Å². The Kier molecular flexibility index (Phi) is 8.20. The summed E-state index contributed by atoms with van der Waals surface area (Å²) in [5, 5.41) is 3.22. The Bertz CT molecular complexity index is 738. The number of hydrogen-bond donors (Lipinski definition) is 1. The van der Waals surface area contributed by atoms with Gasteiger partial charge in [0.25, 0.3) is 10.2 Å². The Hall–Kier alpha value is -1.39. The first-order valence-electron chi connectivity index (χ1n) is 11.7. The molecule has 0 aromatic carbocycles. The van der Waals surface area contributed by atoms with Gasteiger partial charge >= 0.3 is 6.09 Å². The fraction of sp³-hybridized carbons (Fsp3) is 0.905. The van der Waals surface area contributed by atoms with Crippen LogP contribution in [0.5, 0.6) is 0 Å². The second-order valence-corrected chi connectivity index (χ2v) is 11.1. The van der Waals surface area contributed by atoms with E-state index in [1.165, 1.54) is 19.9 Å². The van der Waals surface area contributed by atoms with Gasteiger partial charge in [0.2, 0.25) is 5.91 Å². The molecule has 3 fully saturated rings. The van der Waals surface area contributed by atoms with Crippen LogP contribution in [0.25, 0.3) is 0 Å². The molecule has 0 aromatic rings. The summed E-state index contributed by atoms with van der Waals surface area (Å²) in [6, 6.07) is 0.180. The topological polar surface area (TPSA) is 99.3 Å². The highest BCUT2D eigenvalue weighted by atomic mass is 32.2. The van der Waals surface area contributed by atoms with Crippen LogP contribution in [-0.2, 0) is 19.7 Å². The zero-order valence-corrected chi connectivity index (χ0v) is 19.9. The number of nitrogens with one attached hydrogen (secondary N) is 1. The molecule has 4 atom stereocenters. The van der Waals surface area contributed by atoms with Crippen molar-refractivity contribution in [3.63, 3.8) is 0 Å². The number of piperidine rings is 1. The lowest BCUT2D eigenvalue weighted by molar-refractivity contribution is -0.127. The number of carbonyl (C=O) groups excluding carboxylic acids is 2. The average molecular weight is 459 g/mol. The van der Waals surface area contributed by atoms with Crippen LogP contribution in [0.4, 0.5) is 4.79 Å². The molecule has 1 N–H and O–H groups in total. The zero-order valence-electron chi connectivity index (χ0n) is 19.1. The molecule has 3 rings (SSSR count). The second kappa shape index (κ2) is 10.5. The van der Waals surface area contributed by atoms with Crippen molar-refractivity contribution in [3.8, 4) is 0 Å². The van der Waals surface area contributed by atoms with Gasteiger partial charge in [-0.3, -0.25) is 4.79 Å². The van der Waals surface area contributed by atoms with Gasteiger partial charge in [0.05, 0.1) is 12.5 Å². The maximum absolute atomic E-state index is 13.2. The second-order valence-electron chi connectivity index (χ2n) is 9.17. The SMILES string of the molecule is CCOC(=O)N1CCN(S(=O)(=O)N2CCC[C@H](C(=O)N[C@@H]3CCC[C@@H](C)[C@H]3C)C2)CC1. The highest BCUT2D eigenvalue weighted by molar-refractivity contribution is 7.86. The van der Waals surface area contributed by atoms with Gasteiger partial charge < -0.3 is 15.0 Å². The van der Waals surface area contributed by atoms with E-state index in [0.29, 0.717) is 50.9 Å². The van der Waals surface area contributed by atoms with Crippen LogP contribution in [0.1, 0.15) is 52.9 Å². The average Bonchev–Trinajstić information content (AvgIpc) is 2.77. The summed E-state index contributed by atoms with van der Waals surface area (Å²) < 4.78 is 34.2. The molecular weight excluding hydrogens is 420 g/mol. The van der Waals surface area contributed by atoms with Crippen LogP contribution in [0.15, 0.2) is 0 Å². The van der Waals surface area contributed by atoms with E-state index in [-0.39, 0.29) is 37.5 Å². The Morgan fingerprint density at radius 1 is 0.968 bits per heavy atom. The van der Waals surface area contributed by atoms with Crippen molar-refractivity contribution < 1.29 is 22.7 Å². The maximum Gasteiger partial charge on any atom is 0.409 e. The molecule has 0 bridgehead atoms. The van der Waals surface area contributed by atoms with E-state index in [1.807, 2.05) is 0 Å². The van der Waals surface area contributed by atoms with E-state index in [2.05, 4.69) is 19.2 Å². The molecule has 3 aliphatic rings. The molecule has 2 aliphatic heterocycles. The quantitative estimate of drug-likeness (QED) is 0.675. The lowest BCUT2D eigenvalue weighted by atomic mass is 9.78. The predicted molar refractivity (Wildman–Crippen MR) is 117 cm³/mol. The third kappa shape index (κ3) is 5.70. The fourth-order valence-electron chi connectivity index (χ4n) is 4.93. The van der Waals surface area contributed by atoms with Gasteiger partial charge in [0, 0.05) is 45.3 Å². The first kappa shape index (κ1) is 24.3. The van der Waals surface area contributed by atoms with Crippen LogP contribution in [-0.4, -0.2) is 85.8 Å². The minimum absolute atomic E-state index is 0.0158. The molecule has 10 heteroatoms. The highest BCUT2D eigenvalue weighted by Crippen LogP contribution is 2.30. The Balaban J connectivity index is 1.55. The molecule has 31 heavy (non-hydrogen) atoms. The van der Waals surface area contributed by atoms with Crippen molar-refractivity contribution in [1.29, 1.82) is 0 Å². The molecule has 0 unspecified atom stereocenters. The smallest absolute Gasteiger partial charge is 0.409 e. The lowest BCUT2D eigenvalue weighted by Crippen LogP contribution is -2.56. The molecule has 0 aromatic heterocycles. The van der Waals surface area contributed by atoms with E-state index >= 15 is 0 Å². The summed E-state index contributed by atoms with van der Waals surface area (Å²) in [5.74, 6) is 0.708. The summed E-state index contributed by atoms with van der Waals surface area (Å²) in [6.45, 7) is 8.25. The zero-order chi connectivity index (χ0) is 22.6. The van der Waals surface area contributed by atoms with Crippen molar-refractivity contribution in [2.75, 3.05) is 45.9 Å². The van der Waals surface area contributed by atoms with Gasteiger partial charge in [-0.25, -0.2) is 4.79 Å². The highest BCUT2D eigenvalue weighted by Gasteiger charge is 2.39.